The topological polar surface area (TPSA) is 42.2 Å². The Labute approximate surface area is 88.1 Å². The van der Waals surface area contributed by atoms with Gasteiger partial charge in [-0.25, -0.2) is 0 Å². The van der Waals surface area contributed by atoms with Crippen LogP contribution in [0.5, 0.6) is 0 Å². The second-order valence-electron chi connectivity index (χ2n) is 3.61. The maximum Gasteiger partial charge on any atom is 0.217 e. The van der Waals surface area contributed by atoms with E-state index in [1.54, 1.807) is 0 Å². The van der Waals surface area contributed by atoms with Crippen molar-refractivity contribution >= 4 is 16.9 Å². The molecule has 1 heterocycles. The smallest absolute Gasteiger partial charge is 0.217 e. The van der Waals surface area contributed by atoms with Gasteiger partial charge in [0, 0.05) is 12.3 Å². The van der Waals surface area contributed by atoms with E-state index < -0.39 is 0 Å². The summed E-state index contributed by atoms with van der Waals surface area (Å²) in [6, 6.07) is 9.66. The Kier molecular flexibility index (Phi) is 2.46. The van der Waals surface area contributed by atoms with Crippen molar-refractivity contribution in [3.8, 4) is 0 Å². The van der Waals surface area contributed by atoms with Crippen LogP contribution in [0, 0.1) is 0 Å². The van der Waals surface area contributed by atoms with Gasteiger partial charge in [0.1, 0.15) is 11.3 Å². The van der Waals surface area contributed by atoms with Gasteiger partial charge in [-0.05, 0) is 19.1 Å². The number of furan rings is 1. The highest BCUT2D eigenvalue weighted by Crippen LogP contribution is 2.23. The van der Waals surface area contributed by atoms with Crippen molar-refractivity contribution in [2.75, 3.05) is 0 Å². The van der Waals surface area contributed by atoms with E-state index in [-0.39, 0.29) is 11.9 Å². The Bertz CT molecular complexity index is 454. The molecule has 2 rings (SSSR count). The van der Waals surface area contributed by atoms with E-state index in [1.165, 1.54) is 6.92 Å². The highest BCUT2D eigenvalue weighted by Gasteiger charge is 2.11. The first-order valence-corrected chi connectivity index (χ1v) is 4.92. The first kappa shape index (κ1) is 9.77. The number of para-hydroxylation sites is 1. The summed E-state index contributed by atoms with van der Waals surface area (Å²) in [5.41, 5.74) is 0.852. The molecule has 1 aromatic heterocycles. The van der Waals surface area contributed by atoms with Crippen molar-refractivity contribution in [3.63, 3.8) is 0 Å². The van der Waals surface area contributed by atoms with Crippen LogP contribution in [0.25, 0.3) is 11.0 Å². The third kappa shape index (κ3) is 2.01. The molecule has 3 nitrogen and oxygen atoms in total. The molecule has 0 saturated carbocycles. The van der Waals surface area contributed by atoms with Crippen molar-refractivity contribution in [3.05, 3.63) is 36.1 Å². The zero-order valence-corrected chi connectivity index (χ0v) is 8.78. The van der Waals surface area contributed by atoms with Crippen LogP contribution in [0.15, 0.2) is 34.7 Å². The monoisotopic (exact) mass is 203 g/mol. The minimum absolute atomic E-state index is 0.0528. The van der Waals surface area contributed by atoms with Gasteiger partial charge in [-0.2, -0.15) is 0 Å². The highest BCUT2D eigenvalue weighted by atomic mass is 16.3. The molecule has 0 spiro atoms. The van der Waals surface area contributed by atoms with Crippen LogP contribution in [0.4, 0.5) is 0 Å². The van der Waals surface area contributed by atoms with Crippen molar-refractivity contribution in [2.24, 2.45) is 0 Å². The number of amides is 1. The zero-order chi connectivity index (χ0) is 10.8. The molecule has 1 atom stereocenters. The van der Waals surface area contributed by atoms with Gasteiger partial charge in [0.2, 0.25) is 5.91 Å². The van der Waals surface area contributed by atoms with Gasteiger partial charge in [-0.3, -0.25) is 4.79 Å². The number of rotatable bonds is 2. The molecule has 0 unspecified atom stereocenters. The largest absolute Gasteiger partial charge is 0.459 e. The summed E-state index contributed by atoms with van der Waals surface area (Å²) in [6.07, 6.45) is 0. The summed E-state index contributed by atoms with van der Waals surface area (Å²) in [5, 5.41) is 3.85. The zero-order valence-electron chi connectivity index (χ0n) is 8.78. The van der Waals surface area contributed by atoms with Crippen molar-refractivity contribution in [1.82, 2.24) is 5.32 Å². The predicted octanol–water partition coefficient (Wildman–Crippen LogP) is 2.63. The van der Waals surface area contributed by atoms with E-state index in [4.69, 9.17) is 4.42 Å². The molecule has 0 aliphatic heterocycles. The molecule has 0 aliphatic carbocycles. The number of carbonyl (C=O) groups excluding carboxylic acids is 1. The molecule has 0 radical (unpaired) electrons. The second-order valence-corrected chi connectivity index (χ2v) is 3.61. The van der Waals surface area contributed by atoms with Gasteiger partial charge in [0.25, 0.3) is 0 Å². The minimum Gasteiger partial charge on any atom is -0.459 e. The molecule has 0 aliphatic rings. The Balaban J connectivity index is 2.32. The van der Waals surface area contributed by atoms with Crippen molar-refractivity contribution in [2.45, 2.75) is 19.9 Å². The summed E-state index contributed by atoms with van der Waals surface area (Å²) in [7, 11) is 0. The molecular weight excluding hydrogens is 190 g/mol. The van der Waals surface area contributed by atoms with Gasteiger partial charge < -0.3 is 9.73 Å². The first-order valence-electron chi connectivity index (χ1n) is 4.92. The van der Waals surface area contributed by atoms with E-state index in [0.717, 1.165) is 16.7 Å². The SMILES string of the molecule is CC(=O)N[C@H](C)c1cc2ccccc2o1. The molecule has 2 aromatic rings. The fraction of sp³-hybridized carbons (Fsp3) is 0.250. The Morgan fingerprint density at radius 2 is 2.13 bits per heavy atom. The van der Waals surface area contributed by atoms with E-state index in [0.29, 0.717) is 0 Å². The van der Waals surface area contributed by atoms with Crippen LogP contribution >= 0.6 is 0 Å². The summed E-state index contributed by atoms with van der Waals surface area (Å²) >= 11 is 0. The van der Waals surface area contributed by atoms with E-state index in [9.17, 15) is 4.79 Å². The third-order valence-electron chi connectivity index (χ3n) is 2.29. The quantitative estimate of drug-likeness (QED) is 0.815. The number of hydrogen-bond acceptors (Lipinski definition) is 2. The molecule has 1 N–H and O–H groups in total. The number of hydrogen-bond donors (Lipinski definition) is 1. The summed E-state index contributed by atoms with van der Waals surface area (Å²) in [5.74, 6) is 0.731. The first-order chi connectivity index (χ1) is 7.16. The van der Waals surface area contributed by atoms with Gasteiger partial charge in [-0.15, -0.1) is 0 Å². The average molecular weight is 203 g/mol. The lowest BCUT2D eigenvalue weighted by molar-refractivity contribution is -0.119. The maximum atomic E-state index is 10.9. The van der Waals surface area contributed by atoms with Crippen LogP contribution in [0.1, 0.15) is 25.6 Å². The van der Waals surface area contributed by atoms with Gasteiger partial charge in [0.15, 0.2) is 0 Å². The lowest BCUT2D eigenvalue weighted by Gasteiger charge is -2.08. The molecule has 0 fully saturated rings. The Morgan fingerprint density at radius 3 is 2.80 bits per heavy atom. The molecule has 1 aromatic carbocycles. The molecule has 15 heavy (non-hydrogen) atoms. The molecule has 0 bridgehead atoms. The fourth-order valence-corrected chi connectivity index (χ4v) is 1.59. The molecule has 1 amide bonds. The summed E-state index contributed by atoms with van der Waals surface area (Å²) in [6.45, 7) is 3.40. The van der Waals surface area contributed by atoms with Crippen LogP contribution in [0.2, 0.25) is 0 Å². The average Bonchev–Trinajstić information content (AvgIpc) is 2.59. The summed E-state index contributed by atoms with van der Waals surface area (Å²) in [4.78, 5) is 10.9. The normalized spacial score (nSPS) is 12.7. The molecular formula is C12H13NO2. The highest BCUT2D eigenvalue weighted by molar-refractivity contribution is 5.78. The number of fused-ring (bicyclic) bond motifs is 1. The van der Waals surface area contributed by atoms with E-state index >= 15 is 0 Å². The van der Waals surface area contributed by atoms with Crippen molar-refractivity contribution < 1.29 is 9.21 Å². The van der Waals surface area contributed by atoms with E-state index in [1.807, 2.05) is 37.3 Å². The minimum atomic E-state index is -0.0881. The van der Waals surface area contributed by atoms with E-state index in [2.05, 4.69) is 5.32 Å². The fourth-order valence-electron chi connectivity index (χ4n) is 1.59. The molecule has 78 valence electrons. The van der Waals surface area contributed by atoms with Gasteiger partial charge in [0.05, 0.1) is 6.04 Å². The van der Waals surface area contributed by atoms with Crippen LogP contribution in [0.3, 0.4) is 0 Å². The van der Waals surface area contributed by atoms with Gasteiger partial charge >= 0.3 is 0 Å². The maximum absolute atomic E-state index is 10.9. The van der Waals surface area contributed by atoms with Crippen LogP contribution in [-0.2, 0) is 4.79 Å². The lowest BCUT2D eigenvalue weighted by Crippen LogP contribution is -2.23. The Hall–Kier alpha value is -1.77. The van der Waals surface area contributed by atoms with Crippen LogP contribution < -0.4 is 5.32 Å². The second kappa shape index (κ2) is 3.77. The van der Waals surface area contributed by atoms with Crippen LogP contribution in [-0.4, -0.2) is 5.91 Å². The molecule has 0 saturated heterocycles. The van der Waals surface area contributed by atoms with Gasteiger partial charge in [-0.1, -0.05) is 18.2 Å². The summed E-state index contributed by atoms with van der Waals surface area (Å²) < 4.78 is 5.62. The number of carbonyl (C=O) groups is 1. The predicted molar refractivity (Wildman–Crippen MR) is 58.4 cm³/mol. The standard InChI is InChI=1S/C12H13NO2/c1-8(13-9(2)14)12-7-10-5-3-4-6-11(10)15-12/h3-8H,1-2H3,(H,13,14)/t8-/m1/s1. The number of benzene rings is 1. The molecule has 3 heteroatoms. The third-order valence-corrected chi connectivity index (χ3v) is 2.29. The lowest BCUT2D eigenvalue weighted by atomic mass is 10.2. The Morgan fingerprint density at radius 1 is 1.40 bits per heavy atom. The van der Waals surface area contributed by atoms with Crippen molar-refractivity contribution in [1.29, 1.82) is 0 Å². The number of nitrogens with one attached hydrogen (secondary N) is 1.